The van der Waals surface area contributed by atoms with Gasteiger partial charge in [-0.15, -0.1) is 23.5 Å². The average Bonchev–Trinajstić information content (AvgIpc) is 3.32. The number of benzene rings is 1. The van der Waals surface area contributed by atoms with Gasteiger partial charge < -0.3 is 24.8 Å². The zero-order valence-corrected chi connectivity index (χ0v) is 24.0. The Morgan fingerprint density at radius 1 is 1.08 bits per heavy atom. The molecule has 36 heavy (non-hydrogen) atoms. The van der Waals surface area contributed by atoms with Crippen LogP contribution in [0, 0.1) is 5.92 Å². The zero-order valence-electron chi connectivity index (χ0n) is 22.3. The van der Waals surface area contributed by atoms with E-state index in [1.54, 1.807) is 27.9 Å². The Morgan fingerprint density at radius 3 is 2.28 bits per heavy atom. The lowest BCUT2D eigenvalue weighted by atomic mass is 9.97. The Bertz CT molecular complexity index is 899. The van der Waals surface area contributed by atoms with Crippen LogP contribution >= 0.6 is 23.5 Å². The number of carbonyl (C=O) groups is 3. The fourth-order valence-corrected chi connectivity index (χ4v) is 7.28. The lowest BCUT2D eigenvalue weighted by Crippen LogP contribution is -2.54. The minimum Gasteiger partial charge on any atom is -0.496 e. The van der Waals surface area contributed by atoms with Crippen LogP contribution < -0.4 is 15.4 Å². The van der Waals surface area contributed by atoms with Crippen molar-refractivity contribution in [3.05, 3.63) is 29.8 Å². The highest BCUT2D eigenvalue weighted by Gasteiger charge is 2.41. The smallest absolute Gasteiger partial charge is 0.408 e. The normalized spacial score (nSPS) is 17.4. The molecule has 202 valence electrons. The molecule has 0 aliphatic carbocycles. The molecule has 0 unspecified atom stereocenters. The van der Waals surface area contributed by atoms with Crippen LogP contribution in [0.5, 0.6) is 5.75 Å². The molecule has 0 aromatic heterocycles. The fraction of sp³-hybridized carbons (Fsp3) is 0.654. The highest BCUT2D eigenvalue weighted by molar-refractivity contribution is 8.20. The summed E-state index contributed by atoms with van der Waals surface area (Å²) >= 11 is 3.64. The van der Waals surface area contributed by atoms with Crippen LogP contribution in [0.4, 0.5) is 4.79 Å². The summed E-state index contributed by atoms with van der Waals surface area (Å²) in [4.78, 5) is 38.5. The summed E-state index contributed by atoms with van der Waals surface area (Å²) in [6, 6.07) is 6.19. The number of esters is 1. The molecule has 2 amide bonds. The maximum atomic E-state index is 13.4. The molecule has 1 aliphatic heterocycles. The largest absolute Gasteiger partial charge is 0.496 e. The van der Waals surface area contributed by atoms with E-state index in [2.05, 4.69) is 16.7 Å². The maximum absolute atomic E-state index is 13.4. The first-order chi connectivity index (χ1) is 17.0. The SMILES string of the molecule is CC[C@H](C)[C@H](NC(=O)[C@H](CCC1(c2ccccc2OC)SCCS1)NC(=O)OC(C)(C)C)C(=O)OC. The van der Waals surface area contributed by atoms with Crippen LogP contribution in [0.1, 0.15) is 59.4 Å². The number of ether oxygens (including phenoxy) is 3. The number of alkyl carbamates (subject to hydrolysis) is 1. The molecule has 1 heterocycles. The molecule has 1 aromatic carbocycles. The molecule has 1 aromatic rings. The molecular formula is C26H40N2O6S2. The van der Waals surface area contributed by atoms with Crippen molar-refractivity contribution in [3.8, 4) is 5.75 Å². The average molecular weight is 541 g/mol. The van der Waals surface area contributed by atoms with Crippen molar-refractivity contribution in [1.29, 1.82) is 0 Å². The molecular weight excluding hydrogens is 500 g/mol. The van der Waals surface area contributed by atoms with Crippen molar-refractivity contribution >= 4 is 41.5 Å². The molecule has 1 aliphatic rings. The van der Waals surface area contributed by atoms with Gasteiger partial charge in [-0.3, -0.25) is 4.79 Å². The van der Waals surface area contributed by atoms with Gasteiger partial charge in [0.15, 0.2) is 0 Å². The third kappa shape index (κ3) is 8.23. The quantitative estimate of drug-likeness (QED) is 0.389. The number of para-hydroxylation sites is 1. The molecule has 10 heteroatoms. The van der Waals surface area contributed by atoms with Crippen LogP contribution in [-0.2, 0) is 23.1 Å². The van der Waals surface area contributed by atoms with Gasteiger partial charge in [0.05, 0.1) is 18.3 Å². The van der Waals surface area contributed by atoms with E-state index in [0.29, 0.717) is 19.3 Å². The van der Waals surface area contributed by atoms with Crippen LogP contribution in [0.2, 0.25) is 0 Å². The monoisotopic (exact) mass is 540 g/mol. The van der Waals surface area contributed by atoms with Crippen molar-refractivity contribution in [2.24, 2.45) is 5.92 Å². The number of hydrogen-bond acceptors (Lipinski definition) is 8. The van der Waals surface area contributed by atoms with Gasteiger partial charge in [0.25, 0.3) is 0 Å². The second-order valence-electron chi connectivity index (χ2n) is 9.78. The predicted molar refractivity (Wildman–Crippen MR) is 145 cm³/mol. The molecule has 2 N–H and O–H groups in total. The number of rotatable bonds is 11. The molecule has 2 rings (SSSR count). The predicted octanol–water partition coefficient (Wildman–Crippen LogP) is 4.71. The number of nitrogens with one attached hydrogen (secondary N) is 2. The van der Waals surface area contributed by atoms with Gasteiger partial charge in [-0.2, -0.15) is 0 Å². The van der Waals surface area contributed by atoms with Gasteiger partial charge in [-0.05, 0) is 45.6 Å². The van der Waals surface area contributed by atoms with E-state index in [9.17, 15) is 14.4 Å². The Labute approximate surface area is 223 Å². The van der Waals surface area contributed by atoms with Gasteiger partial charge in [0.1, 0.15) is 23.4 Å². The van der Waals surface area contributed by atoms with Gasteiger partial charge in [-0.25, -0.2) is 9.59 Å². The molecule has 3 atom stereocenters. The molecule has 0 radical (unpaired) electrons. The summed E-state index contributed by atoms with van der Waals surface area (Å²) in [5.41, 5.74) is 0.343. The van der Waals surface area contributed by atoms with E-state index >= 15 is 0 Å². The lowest BCUT2D eigenvalue weighted by molar-refractivity contribution is -0.146. The fourth-order valence-electron chi connectivity index (χ4n) is 3.95. The van der Waals surface area contributed by atoms with Gasteiger partial charge >= 0.3 is 12.1 Å². The summed E-state index contributed by atoms with van der Waals surface area (Å²) in [5.74, 6) is 1.64. The highest BCUT2D eigenvalue weighted by atomic mass is 32.2. The van der Waals surface area contributed by atoms with E-state index < -0.39 is 35.7 Å². The van der Waals surface area contributed by atoms with Crippen molar-refractivity contribution < 1.29 is 28.6 Å². The number of amides is 2. The zero-order chi connectivity index (χ0) is 26.9. The third-order valence-corrected chi connectivity index (χ3v) is 9.57. The van der Waals surface area contributed by atoms with E-state index in [-0.39, 0.29) is 10.00 Å². The second-order valence-corrected chi connectivity index (χ2v) is 12.8. The van der Waals surface area contributed by atoms with Crippen molar-refractivity contribution in [2.75, 3.05) is 25.7 Å². The Balaban J connectivity index is 2.30. The van der Waals surface area contributed by atoms with E-state index in [0.717, 1.165) is 22.8 Å². The molecule has 1 fully saturated rings. The first-order valence-corrected chi connectivity index (χ1v) is 14.2. The topological polar surface area (TPSA) is 103 Å². The Morgan fingerprint density at radius 2 is 1.72 bits per heavy atom. The molecule has 0 bridgehead atoms. The van der Waals surface area contributed by atoms with Crippen molar-refractivity contribution in [3.63, 3.8) is 0 Å². The van der Waals surface area contributed by atoms with Crippen LogP contribution in [0.3, 0.4) is 0 Å². The van der Waals surface area contributed by atoms with Crippen LogP contribution in [0.25, 0.3) is 0 Å². The summed E-state index contributed by atoms with van der Waals surface area (Å²) in [5, 5.41) is 5.55. The number of carbonyl (C=O) groups excluding carboxylic acids is 3. The number of methoxy groups -OCH3 is 2. The van der Waals surface area contributed by atoms with E-state index in [1.165, 1.54) is 7.11 Å². The minimum atomic E-state index is -0.899. The highest BCUT2D eigenvalue weighted by Crippen LogP contribution is 2.57. The summed E-state index contributed by atoms with van der Waals surface area (Å²) < 4.78 is 15.7. The standard InChI is InChI=1S/C26H40N2O6S2/c1-8-17(2)21(23(30)33-7)28-22(29)19(27-24(31)34-25(3,4)5)13-14-26(35-15-16-36-26)18-11-9-10-12-20(18)32-6/h9-12,17,19,21H,8,13-16H2,1-7H3,(H,27,31)(H,28,29)/t17-,19-,21-/m0/s1. The Kier molecular flexibility index (Phi) is 11.3. The van der Waals surface area contributed by atoms with Crippen molar-refractivity contribution in [1.82, 2.24) is 10.6 Å². The third-order valence-electron chi connectivity index (χ3n) is 6.01. The molecule has 8 nitrogen and oxygen atoms in total. The van der Waals surface area contributed by atoms with Crippen molar-refractivity contribution in [2.45, 2.75) is 75.6 Å². The van der Waals surface area contributed by atoms with Gasteiger partial charge in [-0.1, -0.05) is 38.5 Å². The minimum absolute atomic E-state index is 0.135. The lowest BCUT2D eigenvalue weighted by Gasteiger charge is -2.32. The van der Waals surface area contributed by atoms with Crippen LogP contribution in [0.15, 0.2) is 24.3 Å². The molecule has 1 saturated heterocycles. The van der Waals surface area contributed by atoms with E-state index in [4.69, 9.17) is 14.2 Å². The van der Waals surface area contributed by atoms with Gasteiger partial charge in [0.2, 0.25) is 5.91 Å². The number of thioether (sulfide) groups is 2. The maximum Gasteiger partial charge on any atom is 0.408 e. The summed E-state index contributed by atoms with van der Waals surface area (Å²) in [7, 11) is 2.95. The summed E-state index contributed by atoms with van der Waals surface area (Å²) in [6.07, 6.45) is 0.938. The van der Waals surface area contributed by atoms with Gasteiger partial charge in [0, 0.05) is 17.1 Å². The van der Waals surface area contributed by atoms with E-state index in [1.807, 2.05) is 55.6 Å². The number of hydrogen-bond donors (Lipinski definition) is 2. The first kappa shape index (κ1) is 30.2. The first-order valence-electron chi connectivity index (χ1n) is 12.3. The van der Waals surface area contributed by atoms with Crippen LogP contribution in [-0.4, -0.2) is 61.4 Å². The summed E-state index contributed by atoms with van der Waals surface area (Å²) in [6.45, 7) is 9.11. The Hall–Kier alpha value is -2.07. The second kappa shape index (κ2) is 13.5. The molecule has 0 spiro atoms. The molecule has 0 saturated carbocycles.